The van der Waals surface area contributed by atoms with Crippen molar-refractivity contribution in [3.05, 3.63) is 35.1 Å². The van der Waals surface area contributed by atoms with Gasteiger partial charge in [0.1, 0.15) is 5.82 Å². The molecule has 0 spiro atoms. The number of carbonyl (C=O) groups excluding carboxylic acids is 2. The van der Waals surface area contributed by atoms with E-state index < -0.39 is 5.82 Å². The van der Waals surface area contributed by atoms with Crippen molar-refractivity contribution in [1.82, 2.24) is 16.0 Å². The van der Waals surface area contributed by atoms with Crippen molar-refractivity contribution < 1.29 is 14.0 Å². The van der Waals surface area contributed by atoms with Gasteiger partial charge in [0.05, 0.1) is 0 Å². The standard InChI is InChI=1S/C17H24FN3O2/c1-12-2-4-14(10-15(12)18)17(23)21-9-8-20-16(22)5-3-13-6-7-19-11-13/h2,4,10,13,19H,3,5-9,11H2,1H3,(H,20,22)(H,21,23). The van der Waals surface area contributed by atoms with Crippen LogP contribution in [0.3, 0.4) is 0 Å². The number of halogens is 1. The highest BCUT2D eigenvalue weighted by molar-refractivity contribution is 5.94. The van der Waals surface area contributed by atoms with Gasteiger partial charge in [-0.2, -0.15) is 0 Å². The molecule has 2 amide bonds. The third kappa shape index (κ3) is 5.63. The van der Waals surface area contributed by atoms with Crippen molar-refractivity contribution in [3.63, 3.8) is 0 Å². The van der Waals surface area contributed by atoms with Crippen LogP contribution in [0.1, 0.15) is 35.2 Å². The Balaban J connectivity index is 1.61. The van der Waals surface area contributed by atoms with E-state index in [9.17, 15) is 14.0 Å². The summed E-state index contributed by atoms with van der Waals surface area (Å²) in [4.78, 5) is 23.6. The highest BCUT2D eigenvalue weighted by Gasteiger charge is 2.15. The predicted octanol–water partition coefficient (Wildman–Crippen LogP) is 1.37. The maximum Gasteiger partial charge on any atom is 0.251 e. The number of carbonyl (C=O) groups is 2. The molecule has 6 heteroatoms. The SMILES string of the molecule is Cc1ccc(C(=O)NCCNC(=O)CCC2CCNC2)cc1F. The van der Waals surface area contributed by atoms with E-state index >= 15 is 0 Å². The van der Waals surface area contributed by atoms with Gasteiger partial charge in [0.25, 0.3) is 5.91 Å². The first-order valence-electron chi connectivity index (χ1n) is 8.08. The minimum absolute atomic E-state index is 0.00697. The number of hydrogen-bond acceptors (Lipinski definition) is 3. The Bertz CT molecular complexity index is 557. The second-order valence-corrected chi connectivity index (χ2v) is 5.97. The number of benzene rings is 1. The van der Waals surface area contributed by atoms with E-state index in [1.807, 2.05) is 0 Å². The molecule has 1 heterocycles. The molecule has 1 fully saturated rings. The van der Waals surface area contributed by atoms with E-state index in [1.54, 1.807) is 19.1 Å². The maximum atomic E-state index is 13.4. The lowest BCUT2D eigenvalue weighted by Crippen LogP contribution is -2.34. The number of amides is 2. The molecule has 23 heavy (non-hydrogen) atoms. The highest BCUT2D eigenvalue weighted by atomic mass is 19.1. The predicted molar refractivity (Wildman–Crippen MR) is 86.7 cm³/mol. The van der Waals surface area contributed by atoms with Gasteiger partial charge in [-0.1, -0.05) is 6.07 Å². The minimum atomic E-state index is -0.396. The van der Waals surface area contributed by atoms with Gasteiger partial charge in [0, 0.05) is 25.1 Å². The van der Waals surface area contributed by atoms with Crippen molar-refractivity contribution in [2.45, 2.75) is 26.2 Å². The van der Waals surface area contributed by atoms with Crippen LogP contribution in [-0.4, -0.2) is 38.0 Å². The third-order valence-corrected chi connectivity index (χ3v) is 4.11. The molecule has 0 radical (unpaired) electrons. The fraction of sp³-hybridized carbons (Fsp3) is 0.529. The van der Waals surface area contributed by atoms with Crippen molar-refractivity contribution in [1.29, 1.82) is 0 Å². The van der Waals surface area contributed by atoms with E-state index in [0.29, 0.717) is 31.0 Å². The summed E-state index contributed by atoms with van der Waals surface area (Å²) in [6, 6.07) is 4.38. The second-order valence-electron chi connectivity index (χ2n) is 5.97. The molecular weight excluding hydrogens is 297 g/mol. The van der Waals surface area contributed by atoms with E-state index in [-0.39, 0.29) is 17.4 Å². The zero-order valence-electron chi connectivity index (χ0n) is 13.5. The van der Waals surface area contributed by atoms with Gasteiger partial charge >= 0.3 is 0 Å². The monoisotopic (exact) mass is 321 g/mol. The summed E-state index contributed by atoms with van der Waals surface area (Å²) in [6.07, 6.45) is 2.55. The molecule has 0 aromatic heterocycles. The maximum absolute atomic E-state index is 13.4. The second kappa shape index (κ2) is 8.62. The highest BCUT2D eigenvalue weighted by Crippen LogP contribution is 2.13. The molecule has 0 bridgehead atoms. The van der Waals surface area contributed by atoms with Crippen LogP contribution >= 0.6 is 0 Å². The van der Waals surface area contributed by atoms with E-state index in [4.69, 9.17) is 0 Å². The van der Waals surface area contributed by atoms with E-state index in [2.05, 4.69) is 16.0 Å². The number of nitrogens with one attached hydrogen (secondary N) is 3. The van der Waals surface area contributed by atoms with Gasteiger partial charge in [-0.3, -0.25) is 9.59 Å². The van der Waals surface area contributed by atoms with Crippen molar-refractivity contribution in [3.8, 4) is 0 Å². The molecule has 126 valence electrons. The van der Waals surface area contributed by atoms with Crippen LogP contribution in [0, 0.1) is 18.7 Å². The lowest BCUT2D eigenvalue weighted by atomic mass is 10.0. The summed E-state index contributed by atoms with van der Waals surface area (Å²) < 4.78 is 13.4. The summed E-state index contributed by atoms with van der Waals surface area (Å²) in [5, 5.41) is 8.73. The Morgan fingerprint density at radius 3 is 2.78 bits per heavy atom. The quantitative estimate of drug-likeness (QED) is 0.664. The first-order valence-corrected chi connectivity index (χ1v) is 8.08. The Hall–Kier alpha value is -1.95. The molecule has 0 aliphatic carbocycles. The zero-order valence-corrected chi connectivity index (χ0v) is 13.5. The van der Waals surface area contributed by atoms with Crippen LogP contribution in [0.5, 0.6) is 0 Å². The smallest absolute Gasteiger partial charge is 0.251 e. The van der Waals surface area contributed by atoms with Crippen LogP contribution in [0.4, 0.5) is 4.39 Å². The van der Waals surface area contributed by atoms with Crippen molar-refractivity contribution in [2.75, 3.05) is 26.2 Å². The first-order chi connectivity index (χ1) is 11.1. The molecule has 1 atom stereocenters. The molecule has 3 N–H and O–H groups in total. The molecular formula is C17H24FN3O2. The summed E-state index contributed by atoms with van der Waals surface area (Å²) in [5.74, 6) is -0.132. The van der Waals surface area contributed by atoms with Gasteiger partial charge in [0.2, 0.25) is 5.91 Å². The topological polar surface area (TPSA) is 70.2 Å². The summed E-state index contributed by atoms with van der Waals surface area (Å²) >= 11 is 0. The fourth-order valence-electron chi connectivity index (χ4n) is 2.60. The van der Waals surface area contributed by atoms with Crippen LogP contribution < -0.4 is 16.0 Å². The number of hydrogen-bond donors (Lipinski definition) is 3. The molecule has 1 aromatic carbocycles. The molecule has 0 saturated carbocycles. The molecule has 1 aliphatic rings. The van der Waals surface area contributed by atoms with Gasteiger partial charge < -0.3 is 16.0 Å². The summed E-state index contributed by atoms with van der Waals surface area (Å²) in [6.45, 7) is 4.38. The van der Waals surface area contributed by atoms with Gasteiger partial charge in [-0.15, -0.1) is 0 Å². The lowest BCUT2D eigenvalue weighted by molar-refractivity contribution is -0.121. The zero-order chi connectivity index (χ0) is 16.7. The van der Waals surface area contributed by atoms with Gasteiger partial charge in [0.15, 0.2) is 0 Å². The molecule has 1 saturated heterocycles. The molecule has 2 rings (SSSR count). The van der Waals surface area contributed by atoms with Gasteiger partial charge in [-0.25, -0.2) is 4.39 Å². The summed E-state index contributed by atoms with van der Waals surface area (Å²) in [7, 11) is 0. The van der Waals surface area contributed by atoms with Crippen LogP contribution in [0.25, 0.3) is 0 Å². The number of rotatable bonds is 7. The number of aryl methyl sites for hydroxylation is 1. The van der Waals surface area contributed by atoms with E-state index in [1.165, 1.54) is 6.07 Å². The minimum Gasteiger partial charge on any atom is -0.354 e. The van der Waals surface area contributed by atoms with Crippen molar-refractivity contribution in [2.24, 2.45) is 5.92 Å². The lowest BCUT2D eigenvalue weighted by Gasteiger charge is -2.09. The van der Waals surface area contributed by atoms with E-state index in [0.717, 1.165) is 25.9 Å². The third-order valence-electron chi connectivity index (χ3n) is 4.11. The van der Waals surface area contributed by atoms with Crippen LogP contribution in [0.2, 0.25) is 0 Å². The summed E-state index contributed by atoms with van der Waals surface area (Å²) in [5.41, 5.74) is 0.791. The normalized spacial score (nSPS) is 17.0. The Kier molecular flexibility index (Phi) is 6.52. The molecule has 5 nitrogen and oxygen atoms in total. The first kappa shape index (κ1) is 17.4. The molecule has 1 aromatic rings. The van der Waals surface area contributed by atoms with Crippen LogP contribution in [0.15, 0.2) is 18.2 Å². The molecule has 1 aliphatic heterocycles. The average molecular weight is 321 g/mol. The van der Waals surface area contributed by atoms with Gasteiger partial charge in [-0.05, 0) is 56.5 Å². The molecule has 1 unspecified atom stereocenters. The Morgan fingerprint density at radius 1 is 1.30 bits per heavy atom. The van der Waals surface area contributed by atoms with Crippen LogP contribution in [-0.2, 0) is 4.79 Å². The Morgan fingerprint density at radius 2 is 2.09 bits per heavy atom. The fourth-order valence-corrected chi connectivity index (χ4v) is 2.60. The largest absolute Gasteiger partial charge is 0.354 e. The Labute approximate surface area is 136 Å². The van der Waals surface area contributed by atoms with Crippen molar-refractivity contribution >= 4 is 11.8 Å². The average Bonchev–Trinajstić information content (AvgIpc) is 3.05.